The van der Waals surface area contributed by atoms with Gasteiger partial charge in [-0.3, -0.25) is 24.3 Å². The first-order valence-electron chi connectivity index (χ1n) is 9.00. The molecule has 2 saturated heterocycles. The lowest BCUT2D eigenvalue weighted by Gasteiger charge is -2.41. The van der Waals surface area contributed by atoms with E-state index in [4.69, 9.17) is 0 Å². The predicted octanol–water partition coefficient (Wildman–Crippen LogP) is 0.942. The van der Waals surface area contributed by atoms with E-state index in [1.54, 1.807) is 0 Å². The highest BCUT2D eigenvalue weighted by molar-refractivity contribution is 6.01. The van der Waals surface area contributed by atoms with Crippen LogP contribution in [-0.4, -0.2) is 71.8 Å². The van der Waals surface area contributed by atoms with E-state index < -0.39 is 0 Å². The molecule has 0 N–H and O–H groups in total. The Balaban J connectivity index is 1.22. The third kappa shape index (κ3) is 2.69. The van der Waals surface area contributed by atoms with E-state index in [0.717, 1.165) is 50.6 Å². The van der Waals surface area contributed by atoms with Crippen molar-refractivity contribution >= 4 is 11.8 Å². The van der Waals surface area contributed by atoms with Crippen molar-refractivity contribution in [3.8, 4) is 0 Å². The number of rotatable bonds is 4. The van der Waals surface area contributed by atoms with Gasteiger partial charge >= 0.3 is 0 Å². The maximum Gasteiger partial charge on any atom is 0.229 e. The molecule has 0 aromatic carbocycles. The maximum atomic E-state index is 11.6. The van der Waals surface area contributed by atoms with Crippen molar-refractivity contribution < 1.29 is 9.59 Å². The molecule has 2 saturated carbocycles. The molecule has 5 nitrogen and oxygen atoms in total. The minimum Gasteiger partial charge on any atom is -0.299 e. The van der Waals surface area contributed by atoms with Crippen LogP contribution in [0.4, 0.5) is 0 Å². The highest BCUT2D eigenvalue weighted by Crippen LogP contribution is 2.46. The van der Waals surface area contributed by atoms with Crippen molar-refractivity contribution in [3.63, 3.8) is 0 Å². The summed E-state index contributed by atoms with van der Waals surface area (Å²) in [6.07, 6.45) is 6.66. The molecule has 22 heavy (non-hydrogen) atoms. The molecule has 4 aliphatic rings. The van der Waals surface area contributed by atoms with Gasteiger partial charge in [0.2, 0.25) is 11.8 Å². The fourth-order valence-corrected chi connectivity index (χ4v) is 5.09. The summed E-state index contributed by atoms with van der Waals surface area (Å²) in [7, 11) is 0. The Hall–Kier alpha value is -0.940. The van der Waals surface area contributed by atoms with E-state index in [2.05, 4.69) is 9.80 Å². The molecule has 3 atom stereocenters. The number of fused-ring (bicyclic) bond motifs is 2. The van der Waals surface area contributed by atoms with Crippen molar-refractivity contribution in [2.24, 2.45) is 11.8 Å². The predicted molar refractivity (Wildman–Crippen MR) is 83.2 cm³/mol. The lowest BCUT2D eigenvalue weighted by Crippen LogP contribution is -2.53. The molecule has 0 aromatic heterocycles. The third-order valence-corrected chi connectivity index (χ3v) is 6.37. The van der Waals surface area contributed by atoms with Gasteiger partial charge in [0.1, 0.15) is 0 Å². The zero-order chi connectivity index (χ0) is 15.1. The lowest BCUT2D eigenvalue weighted by atomic mass is 9.93. The minimum atomic E-state index is 0.0191. The smallest absolute Gasteiger partial charge is 0.229 e. The van der Waals surface area contributed by atoms with Gasteiger partial charge in [-0.05, 0) is 31.1 Å². The first kappa shape index (κ1) is 14.6. The third-order valence-electron chi connectivity index (χ3n) is 6.37. The van der Waals surface area contributed by atoms with Crippen LogP contribution in [0.1, 0.15) is 38.5 Å². The van der Waals surface area contributed by atoms with Crippen LogP contribution in [-0.2, 0) is 9.59 Å². The Morgan fingerprint density at radius 2 is 1.59 bits per heavy atom. The number of nitrogens with zero attached hydrogens (tertiary/aromatic N) is 3. The van der Waals surface area contributed by atoms with Gasteiger partial charge in [0.25, 0.3) is 0 Å². The molecular weight excluding hydrogens is 278 g/mol. The van der Waals surface area contributed by atoms with Crippen molar-refractivity contribution in [2.45, 2.75) is 44.6 Å². The van der Waals surface area contributed by atoms with Crippen LogP contribution in [0.5, 0.6) is 0 Å². The van der Waals surface area contributed by atoms with E-state index in [1.165, 1.54) is 30.6 Å². The highest BCUT2D eigenvalue weighted by atomic mass is 16.2. The Bertz CT molecular complexity index is 443. The second-order valence-electron chi connectivity index (χ2n) is 7.56. The zero-order valence-electron chi connectivity index (χ0n) is 13.4. The summed E-state index contributed by atoms with van der Waals surface area (Å²) < 4.78 is 0. The van der Waals surface area contributed by atoms with Crippen LogP contribution in [0.2, 0.25) is 0 Å². The molecule has 2 heterocycles. The Morgan fingerprint density at radius 1 is 0.864 bits per heavy atom. The molecule has 4 fully saturated rings. The number of likely N-dealkylation sites (tertiary alicyclic amines) is 1. The quantitative estimate of drug-likeness (QED) is 0.725. The number of hydrogen-bond donors (Lipinski definition) is 0. The van der Waals surface area contributed by atoms with Crippen LogP contribution in [0.15, 0.2) is 0 Å². The van der Waals surface area contributed by atoms with Gasteiger partial charge in [0.05, 0.1) is 0 Å². The SMILES string of the molecule is O=C1CCC(=O)N1CCN1CCN([C@@H]2C[C@H]3CC[C@@H]2C3)CC1. The standard InChI is InChI=1S/C17H27N3O2/c21-16-3-4-17(22)20(16)10-7-18-5-8-19(9-6-18)15-12-13-1-2-14(15)11-13/h13-15H,1-12H2/t13-,14+,15+/m0/s1. The van der Waals surface area contributed by atoms with Gasteiger partial charge in [-0.2, -0.15) is 0 Å². The van der Waals surface area contributed by atoms with Crippen LogP contribution < -0.4 is 0 Å². The van der Waals surface area contributed by atoms with Crippen molar-refractivity contribution in [1.82, 2.24) is 14.7 Å². The summed E-state index contributed by atoms with van der Waals surface area (Å²) in [6, 6.07) is 0.850. The molecule has 2 aliphatic carbocycles. The Labute approximate surface area is 132 Å². The van der Waals surface area contributed by atoms with Gasteiger partial charge in [-0.25, -0.2) is 0 Å². The summed E-state index contributed by atoms with van der Waals surface area (Å²) >= 11 is 0. The Morgan fingerprint density at radius 3 is 2.18 bits per heavy atom. The van der Waals surface area contributed by atoms with E-state index in [-0.39, 0.29) is 11.8 Å². The summed E-state index contributed by atoms with van der Waals surface area (Å²) in [5.74, 6) is 2.02. The number of amides is 2. The largest absolute Gasteiger partial charge is 0.299 e. The van der Waals surface area contributed by atoms with Crippen molar-refractivity contribution in [1.29, 1.82) is 0 Å². The van der Waals surface area contributed by atoms with E-state index in [0.29, 0.717) is 19.4 Å². The average molecular weight is 305 g/mol. The molecule has 122 valence electrons. The average Bonchev–Trinajstić information content (AvgIpc) is 3.23. The molecule has 0 aromatic rings. The lowest BCUT2D eigenvalue weighted by molar-refractivity contribution is -0.138. The molecular formula is C17H27N3O2. The van der Waals surface area contributed by atoms with Gasteiger partial charge in [0.15, 0.2) is 0 Å². The van der Waals surface area contributed by atoms with Crippen LogP contribution in [0, 0.1) is 11.8 Å². The van der Waals surface area contributed by atoms with Gasteiger partial charge in [-0.15, -0.1) is 0 Å². The summed E-state index contributed by atoms with van der Waals surface area (Å²) in [5, 5.41) is 0. The fraction of sp³-hybridized carbons (Fsp3) is 0.882. The van der Waals surface area contributed by atoms with Crippen molar-refractivity contribution in [3.05, 3.63) is 0 Å². The monoisotopic (exact) mass is 305 g/mol. The van der Waals surface area contributed by atoms with Gasteiger partial charge in [0, 0.05) is 58.2 Å². The highest BCUT2D eigenvalue weighted by Gasteiger charge is 2.42. The molecule has 2 aliphatic heterocycles. The normalized spacial score (nSPS) is 36.7. The summed E-state index contributed by atoms with van der Waals surface area (Å²) in [5.41, 5.74) is 0. The Kier molecular flexibility index (Phi) is 3.95. The molecule has 4 rings (SSSR count). The van der Waals surface area contributed by atoms with Gasteiger partial charge in [-0.1, -0.05) is 6.42 Å². The number of hydrogen-bond acceptors (Lipinski definition) is 4. The fourth-order valence-electron chi connectivity index (χ4n) is 5.09. The number of carbonyl (C=O) groups is 2. The van der Waals surface area contributed by atoms with E-state index in [9.17, 15) is 9.59 Å². The molecule has 2 bridgehead atoms. The second-order valence-corrected chi connectivity index (χ2v) is 7.56. The number of carbonyl (C=O) groups excluding carboxylic acids is 2. The molecule has 5 heteroatoms. The minimum absolute atomic E-state index is 0.0191. The van der Waals surface area contributed by atoms with Gasteiger partial charge < -0.3 is 0 Å². The van der Waals surface area contributed by atoms with E-state index in [1.807, 2.05) is 0 Å². The molecule has 2 amide bonds. The topological polar surface area (TPSA) is 43.9 Å². The maximum absolute atomic E-state index is 11.6. The number of imide groups is 1. The second kappa shape index (κ2) is 5.93. The molecule has 0 unspecified atom stereocenters. The molecule has 0 spiro atoms. The first-order chi connectivity index (χ1) is 10.7. The first-order valence-corrected chi connectivity index (χ1v) is 9.00. The van der Waals surface area contributed by atoms with Crippen LogP contribution in [0.3, 0.4) is 0 Å². The number of piperazine rings is 1. The summed E-state index contributed by atoms with van der Waals surface area (Å²) in [6.45, 7) is 5.94. The van der Waals surface area contributed by atoms with Crippen molar-refractivity contribution in [2.75, 3.05) is 39.3 Å². The molecule has 0 radical (unpaired) electrons. The zero-order valence-corrected chi connectivity index (χ0v) is 13.4. The van der Waals surface area contributed by atoms with Crippen LogP contribution in [0.25, 0.3) is 0 Å². The van der Waals surface area contributed by atoms with Crippen LogP contribution >= 0.6 is 0 Å². The van der Waals surface area contributed by atoms with E-state index >= 15 is 0 Å². The summed E-state index contributed by atoms with van der Waals surface area (Å²) in [4.78, 5) is 29.9.